The van der Waals surface area contributed by atoms with E-state index in [9.17, 15) is 13.2 Å². The van der Waals surface area contributed by atoms with Gasteiger partial charge in [0.05, 0.1) is 11.8 Å². The van der Waals surface area contributed by atoms with Gasteiger partial charge in [0.15, 0.2) is 5.96 Å². The molecule has 1 aromatic heterocycles. The van der Waals surface area contributed by atoms with E-state index in [1.54, 1.807) is 17.9 Å². The van der Waals surface area contributed by atoms with Crippen molar-refractivity contribution >= 4 is 29.9 Å². The number of aliphatic imine (C=N–C) groups is 1. The first-order valence-corrected chi connectivity index (χ1v) is 7.35. The Balaban J connectivity index is 0.00000312. The monoisotopic (exact) mass is 467 g/mol. The molecule has 0 aliphatic carbocycles. The average molecular weight is 467 g/mol. The quantitative estimate of drug-likeness (QED) is 0.427. The van der Waals surface area contributed by atoms with Crippen molar-refractivity contribution in [1.29, 1.82) is 0 Å². The number of aryl methyl sites for hydroxylation is 1. The third kappa shape index (κ3) is 6.22. The Kier molecular flexibility index (Phi) is 7.71. The van der Waals surface area contributed by atoms with Crippen molar-refractivity contribution in [3.8, 4) is 0 Å². The molecule has 25 heavy (non-hydrogen) atoms. The van der Waals surface area contributed by atoms with Crippen LogP contribution in [0.2, 0.25) is 0 Å². The minimum Gasteiger partial charge on any atom is -0.352 e. The van der Waals surface area contributed by atoms with E-state index in [1.165, 1.54) is 12.1 Å². The van der Waals surface area contributed by atoms with Crippen LogP contribution in [0.5, 0.6) is 0 Å². The average Bonchev–Trinajstić information content (AvgIpc) is 2.93. The lowest BCUT2D eigenvalue weighted by molar-refractivity contribution is -0.137. The summed E-state index contributed by atoms with van der Waals surface area (Å²) in [6, 6.07) is 5.14. The molecule has 1 N–H and O–H groups in total. The van der Waals surface area contributed by atoms with Crippen LogP contribution in [0, 0.1) is 0 Å². The van der Waals surface area contributed by atoms with Gasteiger partial charge in [-0.05, 0) is 17.7 Å². The largest absolute Gasteiger partial charge is 0.416 e. The summed E-state index contributed by atoms with van der Waals surface area (Å²) in [5.74, 6) is 0.652. The summed E-state index contributed by atoms with van der Waals surface area (Å²) in [7, 11) is 5.33. The standard InChI is InChI=1S/C16H20F3N5.HI/c1-20-15(21-8-13-9-22-24(3)11-13)23(2)10-12-4-6-14(7-5-12)16(17,18)19;/h4-7,9,11H,8,10H2,1-3H3,(H,20,21);1H. The van der Waals surface area contributed by atoms with Crippen molar-refractivity contribution in [3.63, 3.8) is 0 Å². The van der Waals surface area contributed by atoms with Crippen LogP contribution in [-0.2, 0) is 26.3 Å². The van der Waals surface area contributed by atoms with Gasteiger partial charge in [0.2, 0.25) is 0 Å². The molecule has 0 saturated heterocycles. The van der Waals surface area contributed by atoms with Gasteiger partial charge >= 0.3 is 6.18 Å². The number of halogens is 4. The fourth-order valence-electron chi connectivity index (χ4n) is 2.28. The molecule has 0 aliphatic heterocycles. The van der Waals surface area contributed by atoms with Crippen molar-refractivity contribution in [2.75, 3.05) is 14.1 Å². The highest BCUT2D eigenvalue weighted by atomic mass is 127. The zero-order chi connectivity index (χ0) is 17.7. The lowest BCUT2D eigenvalue weighted by atomic mass is 10.1. The van der Waals surface area contributed by atoms with Crippen molar-refractivity contribution in [2.24, 2.45) is 12.0 Å². The van der Waals surface area contributed by atoms with Crippen molar-refractivity contribution in [2.45, 2.75) is 19.3 Å². The molecule has 0 fully saturated rings. The van der Waals surface area contributed by atoms with E-state index < -0.39 is 11.7 Å². The summed E-state index contributed by atoms with van der Waals surface area (Å²) >= 11 is 0. The number of hydrogen-bond acceptors (Lipinski definition) is 2. The number of benzene rings is 1. The van der Waals surface area contributed by atoms with E-state index in [0.717, 1.165) is 23.3 Å². The number of nitrogens with one attached hydrogen (secondary N) is 1. The molecule has 9 heteroatoms. The molecular weight excluding hydrogens is 446 g/mol. The Morgan fingerprint density at radius 3 is 2.36 bits per heavy atom. The maximum absolute atomic E-state index is 12.6. The molecule has 0 aliphatic rings. The number of nitrogens with zero attached hydrogens (tertiary/aromatic N) is 4. The summed E-state index contributed by atoms with van der Waals surface area (Å²) in [6.07, 6.45) is -0.655. The number of aromatic nitrogens is 2. The summed E-state index contributed by atoms with van der Waals surface area (Å²) < 4.78 is 39.5. The number of hydrogen-bond donors (Lipinski definition) is 1. The van der Waals surface area contributed by atoms with Crippen LogP contribution in [-0.4, -0.2) is 34.7 Å². The lowest BCUT2D eigenvalue weighted by Gasteiger charge is -2.22. The molecule has 0 atom stereocenters. The van der Waals surface area contributed by atoms with Gasteiger partial charge < -0.3 is 10.2 Å². The normalized spacial score (nSPS) is 11.8. The van der Waals surface area contributed by atoms with E-state index >= 15 is 0 Å². The van der Waals surface area contributed by atoms with E-state index in [-0.39, 0.29) is 24.0 Å². The first-order valence-electron chi connectivity index (χ1n) is 7.35. The Bertz CT molecular complexity index is 695. The molecular formula is C16H21F3IN5. The second-order valence-corrected chi connectivity index (χ2v) is 5.47. The van der Waals surface area contributed by atoms with Gasteiger partial charge in [0, 0.05) is 46.0 Å². The van der Waals surface area contributed by atoms with Gasteiger partial charge in [-0.2, -0.15) is 18.3 Å². The minimum absolute atomic E-state index is 0. The highest BCUT2D eigenvalue weighted by Gasteiger charge is 2.29. The zero-order valence-corrected chi connectivity index (χ0v) is 16.5. The molecule has 2 rings (SSSR count). The van der Waals surface area contributed by atoms with Crippen LogP contribution in [0.1, 0.15) is 16.7 Å². The number of rotatable bonds is 4. The topological polar surface area (TPSA) is 45.5 Å². The Labute approximate surface area is 161 Å². The smallest absolute Gasteiger partial charge is 0.352 e. The van der Waals surface area contributed by atoms with Crippen LogP contribution in [0.4, 0.5) is 13.2 Å². The summed E-state index contributed by atoms with van der Waals surface area (Å²) in [4.78, 5) is 6.03. The zero-order valence-electron chi connectivity index (χ0n) is 14.2. The van der Waals surface area contributed by atoms with Crippen LogP contribution in [0.25, 0.3) is 0 Å². The number of guanidine groups is 1. The lowest BCUT2D eigenvalue weighted by Crippen LogP contribution is -2.38. The van der Waals surface area contributed by atoms with Gasteiger partial charge in [-0.1, -0.05) is 12.1 Å². The summed E-state index contributed by atoms with van der Waals surface area (Å²) in [6.45, 7) is 1.02. The van der Waals surface area contributed by atoms with Gasteiger partial charge in [0.25, 0.3) is 0 Å². The maximum atomic E-state index is 12.6. The Morgan fingerprint density at radius 1 is 1.24 bits per heavy atom. The fourth-order valence-corrected chi connectivity index (χ4v) is 2.28. The molecule has 1 aromatic carbocycles. The van der Waals surface area contributed by atoms with Gasteiger partial charge in [-0.25, -0.2) is 0 Å². The molecule has 0 radical (unpaired) electrons. The predicted molar refractivity (Wildman–Crippen MR) is 102 cm³/mol. The molecule has 1 heterocycles. The first-order chi connectivity index (χ1) is 11.3. The summed E-state index contributed by atoms with van der Waals surface area (Å²) in [5, 5.41) is 7.29. The molecule has 0 unspecified atom stereocenters. The SMILES string of the molecule is CN=C(NCc1cnn(C)c1)N(C)Cc1ccc(C(F)(F)F)cc1.I. The van der Waals surface area contributed by atoms with Crippen molar-refractivity contribution in [3.05, 3.63) is 53.3 Å². The molecule has 0 amide bonds. The fraction of sp³-hybridized carbons (Fsp3) is 0.375. The predicted octanol–water partition coefficient (Wildman–Crippen LogP) is 3.26. The van der Waals surface area contributed by atoms with Gasteiger partial charge in [-0.3, -0.25) is 9.67 Å². The van der Waals surface area contributed by atoms with Crippen LogP contribution in [0.3, 0.4) is 0 Å². The van der Waals surface area contributed by atoms with Crippen LogP contribution >= 0.6 is 24.0 Å². The first kappa shape index (κ1) is 21.3. The third-order valence-electron chi connectivity index (χ3n) is 3.48. The maximum Gasteiger partial charge on any atom is 0.416 e. The summed E-state index contributed by atoms with van der Waals surface area (Å²) in [5.41, 5.74) is 1.14. The van der Waals surface area contributed by atoms with Gasteiger partial charge in [0.1, 0.15) is 0 Å². The second-order valence-electron chi connectivity index (χ2n) is 5.47. The van der Waals surface area contributed by atoms with E-state index in [1.807, 2.05) is 25.2 Å². The van der Waals surface area contributed by atoms with E-state index in [2.05, 4.69) is 15.4 Å². The molecule has 0 saturated carbocycles. The number of alkyl halides is 3. The highest BCUT2D eigenvalue weighted by Crippen LogP contribution is 2.29. The highest BCUT2D eigenvalue weighted by molar-refractivity contribution is 14.0. The van der Waals surface area contributed by atoms with E-state index in [4.69, 9.17) is 0 Å². The van der Waals surface area contributed by atoms with E-state index in [0.29, 0.717) is 19.0 Å². The third-order valence-corrected chi connectivity index (χ3v) is 3.48. The van der Waals surface area contributed by atoms with Crippen LogP contribution < -0.4 is 5.32 Å². The van der Waals surface area contributed by atoms with Crippen LogP contribution in [0.15, 0.2) is 41.7 Å². The Morgan fingerprint density at radius 2 is 1.88 bits per heavy atom. The second kappa shape index (κ2) is 9.07. The molecule has 0 spiro atoms. The molecule has 2 aromatic rings. The minimum atomic E-state index is -4.31. The van der Waals surface area contributed by atoms with Crippen molar-refractivity contribution in [1.82, 2.24) is 20.0 Å². The molecule has 138 valence electrons. The Hall–Kier alpha value is -1.78. The van der Waals surface area contributed by atoms with Crippen molar-refractivity contribution < 1.29 is 13.2 Å². The molecule has 5 nitrogen and oxygen atoms in total. The molecule has 0 bridgehead atoms. The van der Waals surface area contributed by atoms with Gasteiger partial charge in [-0.15, -0.1) is 24.0 Å².